The first-order chi connectivity index (χ1) is 19.2. The van der Waals surface area contributed by atoms with Crippen molar-refractivity contribution in [2.75, 3.05) is 47.3 Å². The number of imide groups is 1. The number of amides is 2. The van der Waals surface area contributed by atoms with Crippen LogP contribution in [0.25, 0.3) is 6.08 Å². The number of carbonyl (C=O) groups excluding carboxylic acids is 3. The van der Waals surface area contributed by atoms with Gasteiger partial charge in [-0.05, 0) is 56.9 Å². The number of carbonyl (C=O) groups is 3. The lowest BCUT2D eigenvalue weighted by Gasteiger charge is -2.21. The quantitative estimate of drug-likeness (QED) is 0.0537. The summed E-state index contributed by atoms with van der Waals surface area (Å²) in [6.45, 7) is 4.59. The van der Waals surface area contributed by atoms with Crippen LogP contribution in [0.4, 0.5) is 0 Å². The third-order valence-corrected chi connectivity index (χ3v) is 6.00. The molecule has 0 saturated heterocycles. The van der Waals surface area contributed by atoms with Crippen LogP contribution in [0.3, 0.4) is 0 Å². The Morgan fingerprint density at radius 1 is 1.18 bits per heavy atom. The van der Waals surface area contributed by atoms with E-state index in [1.807, 2.05) is 0 Å². The highest BCUT2D eigenvalue weighted by molar-refractivity contribution is 6.43. The molecule has 14 heteroatoms. The highest BCUT2D eigenvalue weighted by atomic mass is 35.5. The van der Waals surface area contributed by atoms with Crippen molar-refractivity contribution in [3.8, 4) is 17.2 Å². The smallest absolute Gasteiger partial charge is 0.308 e. The van der Waals surface area contributed by atoms with Crippen molar-refractivity contribution in [1.29, 1.82) is 0 Å². The molecule has 1 aliphatic heterocycles. The van der Waals surface area contributed by atoms with Crippen molar-refractivity contribution in [3.63, 3.8) is 0 Å². The molecule has 2 amide bonds. The number of nitrogens with zero attached hydrogens (tertiary/aromatic N) is 4. The number of hydrogen-bond donors (Lipinski definition) is 0. The van der Waals surface area contributed by atoms with Gasteiger partial charge in [0.1, 0.15) is 5.03 Å². The highest BCUT2D eigenvalue weighted by Gasteiger charge is 2.24. The SMILES string of the molecule is CCN(CC)/[N+]([O-])=N/OCOC(=O)CCCCOc1c(OC)cc(/C=C/C(=O)N2CCC=C(Cl)C2=O)cc1OC. The van der Waals surface area contributed by atoms with E-state index in [-0.39, 0.29) is 24.6 Å². The molecule has 0 atom stereocenters. The van der Waals surface area contributed by atoms with Gasteiger partial charge in [-0.3, -0.25) is 19.3 Å². The van der Waals surface area contributed by atoms with Gasteiger partial charge >= 0.3 is 5.97 Å². The fourth-order valence-electron chi connectivity index (χ4n) is 3.54. The van der Waals surface area contributed by atoms with E-state index in [9.17, 15) is 19.6 Å². The van der Waals surface area contributed by atoms with E-state index in [1.165, 1.54) is 31.4 Å². The first kappa shape index (κ1) is 32.2. The number of ether oxygens (including phenoxy) is 4. The molecule has 0 bridgehead atoms. The zero-order valence-electron chi connectivity index (χ0n) is 23.1. The maximum absolute atomic E-state index is 12.5. The largest absolute Gasteiger partial charge is 0.569 e. The van der Waals surface area contributed by atoms with Crippen molar-refractivity contribution in [1.82, 2.24) is 9.91 Å². The second kappa shape index (κ2) is 16.9. The predicted octanol–water partition coefficient (Wildman–Crippen LogP) is 3.80. The van der Waals surface area contributed by atoms with E-state index < -0.39 is 24.6 Å². The van der Waals surface area contributed by atoms with E-state index in [0.29, 0.717) is 60.1 Å². The van der Waals surface area contributed by atoms with Gasteiger partial charge in [0, 0.05) is 19.0 Å². The lowest BCUT2D eigenvalue weighted by atomic mass is 10.1. The normalized spacial score (nSPS) is 13.6. The Balaban J connectivity index is 1.84. The van der Waals surface area contributed by atoms with Crippen LogP contribution in [0.1, 0.15) is 45.1 Å². The number of hydrazine groups is 1. The van der Waals surface area contributed by atoms with Gasteiger partial charge in [0.2, 0.25) is 11.0 Å². The number of rotatable bonds is 16. The molecule has 0 aliphatic carbocycles. The second-order valence-electron chi connectivity index (χ2n) is 8.27. The molecule has 1 aromatic rings. The Morgan fingerprint density at radius 3 is 2.48 bits per heavy atom. The fourth-order valence-corrected chi connectivity index (χ4v) is 3.76. The summed E-state index contributed by atoms with van der Waals surface area (Å²) < 4.78 is 21.6. The lowest BCUT2D eigenvalue weighted by Crippen LogP contribution is -2.38. The summed E-state index contributed by atoms with van der Waals surface area (Å²) in [6.07, 6.45) is 6.03. The maximum atomic E-state index is 12.5. The van der Waals surface area contributed by atoms with Crippen LogP contribution in [-0.2, 0) is 24.0 Å². The monoisotopic (exact) mass is 582 g/mol. The van der Waals surface area contributed by atoms with Crippen LogP contribution in [-0.4, -0.2) is 79.9 Å². The van der Waals surface area contributed by atoms with Gasteiger partial charge in [-0.2, -0.15) is 0 Å². The summed E-state index contributed by atoms with van der Waals surface area (Å²) in [5.41, 5.74) is 0.592. The molecule has 40 heavy (non-hydrogen) atoms. The molecule has 0 spiro atoms. The van der Waals surface area contributed by atoms with Crippen LogP contribution in [0.5, 0.6) is 17.2 Å². The molecule has 13 nitrogen and oxygen atoms in total. The van der Waals surface area contributed by atoms with E-state index in [1.54, 1.807) is 32.1 Å². The van der Waals surface area contributed by atoms with Crippen molar-refractivity contribution >= 4 is 35.5 Å². The molecule has 220 valence electrons. The number of hydrogen-bond acceptors (Lipinski definition) is 10. The lowest BCUT2D eigenvalue weighted by molar-refractivity contribution is -0.710. The minimum Gasteiger partial charge on any atom is -0.569 e. The van der Waals surface area contributed by atoms with Crippen LogP contribution in [0, 0.1) is 5.21 Å². The van der Waals surface area contributed by atoms with E-state index in [2.05, 4.69) is 5.28 Å². The van der Waals surface area contributed by atoms with Gasteiger partial charge in [-0.25, -0.2) is 0 Å². The van der Waals surface area contributed by atoms with Crippen LogP contribution >= 0.6 is 11.6 Å². The first-order valence-corrected chi connectivity index (χ1v) is 13.1. The first-order valence-electron chi connectivity index (χ1n) is 12.7. The minimum absolute atomic E-state index is 0.0259. The molecule has 0 aromatic heterocycles. The van der Waals surface area contributed by atoms with E-state index >= 15 is 0 Å². The Morgan fingerprint density at radius 2 is 1.85 bits per heavy atom. The summed E-state index contributed by atoms with van der Waals surface area (Å²) in [4.78, 5) is 42.6. The average molecular weight is 583 g/mol. The number of esters is 1. The summed E-state index contributed by atoms with van der Waals surface area (Å²) in [5.74, 6) is -0.390. The Kier molecular flexibility index (Phi) is 13.6. The van der Waals surface area contributed by atoms with E-state index in [0.717, 1.165) is 4.90 Å². The third-order valence-electron chi connectivity index (χ3n) is 5.69. The number of unbranched alkanes of at least 4 members (excludes halogenated alkanes) is 1. The summed E-state index contributed by atoms with van der Waals surface area (Å²) >= 11 is 5.85. The van der Waals surface area contributed by atoms with Crippen molar-refractivity contribution in [2.24, 2.45) is 5.28 Å². The summed E-state index contributed by atoms with van der Waals surface area (Å²) in [6, 6.07) is 3.33. The van der Waals surface area contributed by atoms with Crippen molar-refractivity contribution in [2.45, 2.75) is 39.5 Å². The topological polar surface area (TPSA) is 142 Å². The molecule has 0 N–H and O–H groups in total. The number of methoxy groups -OCH3 is 2. The van der Waals surface area contributed by atoms with Gasteiger partial charge in [0.25, 0.3) is 18.6 Å². The van der Waals surface area contributed by atoms with Gasteiger partial charge in [0.15, 0.2) is 11.5 Å². The molecule has 0 radical (unpaired) electrons. The molecular weight excluding hydrogens is 548 g/mol. The van der Waals surface area contributed by atoms with Crippen LogP contribution in [0.15, 0.2) is 34.6 Å². The van der Waals surface area contributed by atoms with Gasteiger partial charge in [0.05, 0.1) is 38.9 Å². The zero-order chi connectivity index (χ0) is 29.5. The van der Waals surface area contributed by atoms with Gasteiger partial charge < -0.3 is 29.0 Å². The number of halogens is 1. The number of benzene rings is 1. The van der Waals surface area contributed by atoms with Crippen molar-refractivity contribution < 1.29 is 43.1 Å². The van der Waals surface area contributed by atoms with Crippen molar-refractivity contribution in [3.05, 3.63) is 40.1 Å². The fraction of sp³-hybridized carbons (Fsp3) is 0.500. The van der Waals surface area contributed by atoms with E-state index in [4.69, 9.17) is 35.4 Å². The summed E-state index contributed by atoms with van der Waals surface area (Å²) in [7, 11) is 2.94. The minimum atomic E-state index is -0.528. The predicted molar refractivity (Wildman–Crippen MR) is 144 cm³/mol. The molecule has 0 fully saturated rings. The Labute approximate surface area is 238 Å². The van der Waals surface area contributed by atoms with Gasteiger partial charge in [-0.1, -0.05) is 17.7 Å². The molecule has 2 rings (SSSR count). The molecule has 1 heterocycles. The maximum Gasteiger partial charge on any atom is 0.308 e. The molecule has 1 aliphatic rings. The van der Waals surface area contributed by atoms with Crippen LogP contribution < -0.4 is 14.2 Å². The molecule has 0 saturated carbocycles. The third kappa shape index (κ3) is 9.63. The van der Waals surface area contributed by atoms with Gasteiger partial charge in [-0.15, -0.1) is 5.01 Å². The Bertz CT molecular complexity index is 1090. The highest BCUT2D eigenvalue weighted by Crippen LogP contribution is 2.39. The molecule has 1 aromatic carbocycles. The standard InChI is InChI=1S/C26H35ClN4O9/c1-5-29(6-2)31(35)28-40-18-39-24(33)11-7-8-15-38-25-21(36-3)16-19(17-22(25)37-4)12-13-23(32)30-14-9-10-20(27)26(30)34/h10,12-13,16-17H,5-9,11,14-15,18H2,1-4H3/b13-12+,31-28-. The molecular formula is C26H35ClN4O9. The zero-order valence-corrected chi connectivity index (χ0v) is 23.8. The summed E-state index contributed by atoms with van der Waals surface area (Å²) in [5, 5.41) is 16.3. The average Bonchev–Trinajstić information content (AvgIpc) is 2.95. The van der Waals surface area contributed by atoms with Crippen LogP contribution in [0.2, 0.25) is 0 Å². The second-order valence-corrected chi connectivity index (χ2v) is 8.67. The molecule has 0 unspecified atom stereocenters. The Hall–Kier alpha value is -4.00.